The zero-order valence-electron chi connectivity index (χ0n) is 10.0. The summed E-state index contributed by atoms with van der Waals surface area (Å²) in [6.45, 7) is 3.90. The SMILES string of the molecule is CC[C@H](C)[C@H](N)C(=O)NNc1ccc(F)cc1. The minimum absolute atomic E-state index is 0.116. The largest absolute Gasteiger partial charge is 0.320 e. The molecular formula is C12H18FN3O. The van der Waals surface area contributed by atoms with Crippen molar-refractivity contribution in [3.63, 3.8) is 0 Å². The van der Waals surface area contributed by atoms with E-state index in [2.05, 4.69) is 10.9 Å². The van der Waals surface area contributed by atoms with E-state index in [1.54, 1.807) is 0 Å². The van der Waals surface area contributed by atoms with Crippen LogP contribution in [-0.4, -0.2) is 11.9 Å². The number of hydrogen-bond donors (Lipinski definition) is 3. The van der Waals surface area contributed by atoms with Crippen LogP contribution in [0.2, 0.25) is 0 Å². The number of hydrazine groups is 1. The Hall–Kier alpha value is -1.62. The van der Waals surface area contributed by atoms with Crippen LogP contribution in [0.3, 0.4) is 0 Å². The topological polar surface area (TPSA) is 67.2 Å². The molecule has 0 saturated carbocycles. The fraction of sp³-hybridized carbons (Fsp3) is 0.417. The summed E-state index contributed by atoms with van der Waals surface area (Å²) in [6, 6.07) is 5.13. The van der Waals surface area contributed by atoms with Gasteiger partial charge in [0.1, 0.15) is 5.82 Å². The highest BCUT2D eigenvalue weighted by atomic mass is 19.1. The predicted molar refractivity (Wildman–Crippen MR) is 65.6 cm³/mol. The molecule has 0 unspecified atom stereocenters. The minimum atomic E-state index is -0.548. The molecule has 2 atom stereocenters. The van der Waals surface area contributed by atoms with Gasteiger partial charge in [-0.25, -0.2) is 4.39 Å². The fourth-order valence-corrected chi connectivity index (χ4v) is 1.26. The van der Waals surface area contributed by atoms with Gasteiger partial charge in [0.25, 0.3) is 5.91 Å². The summed E-state index contributed by atoms with van der Waals surface area (Å²) < 4.78 is 12.6. The second kappa shape index (κ2) is 6.20. The number of carbonyl (C=O) groups excluding carboxylic acids is 1. The van der Waals surface area contributed by atoms with Crippen molar-refractivity contribution in [3.8, 4) is 0 Å². The molecule has 0 radical (unpaired) electrons. The zero-order valence-corrected chi connectivity index (χ0v) is 10.0. The van der Waals surface area contributed by atoms with E-state index in [1.807, 2.05) is 13.8 Å². The molecule has 1 aromatic carbocycles. The Morgan fingerprint density at radius 3 is 2.53 bits per heavy atom. The number of carbonyl (C=O) groups is 1. The van der Waals surface area contributed by atoms with Gasteiger partial charge in [0.05, 0.1) is 11.7 Å². The molecule has 1 aromatic rings. The quantitative estimate of drug-likeness (QED) is 0.684. The molecule has 0 spiro atoms. The molecule has 0 aliphatic heterocycles. The molecule has 0 aromatic heterocycles. The lowest BCUT2D eigenvalue weighted by Crippen LogP contribution is -2.46. The van der Waals surface area contributed by atoms with E-state index < -0.39 is 6.04 Å². The van der Waals surface area contributed by atoms with E-state index in [0.29, 0.717) is 5.69 Å². The second-order valence-corrected chi connectivity index (χ2v) is 4.03. The molecule has 5 heteroatoms. The summed E-state index contributed by atoms with van der Waals surface area (Å²) in [5, 5.41) is 0. The van der Waals surface area contributed by atoms with Gasteiger partial charge >= 0.3 is 0 Å². The van der Waals surface area contributed by atoms with Crippen LogP contribution < -0.4 is 16.6 Å². The second-order valence-electron chi connectivity index (χ2n) is 4.03. The van der Waals surface area contributed by atoms with Gasteiger partial charge in [-0.15, -0.1) is 0 Å². The Morgan fingerprint density at radius 2 is 2.00 bits per heavy atom. The van der Waals surface area contributed by atoms with Crippen molar-refractivity contribution >= 4 is 11.6 Å². The monoisotopic (exact) mass is 239 g/mol. The Morgan fingerprint density at radius 1 is 1.41 bits per heavy atom. The number of halogens is 1. The molecule has 0 bridgehead atoms. The lowest BCUT2D eigenvalue weighted by molar-refractivity contribution is -0.122. The van der Waals surface area contributed by atoms with Crippen LogP contribution in [0.1, 0.15) is 20.3 Å². The summed E-state index contributed by atoms with van der Waals surface area (Å²) in [5.74, 6) is -0.480. The van der Waals surface area contributed by atoms with Gasteiger partial charge in [-0.1, -0.05) is 20.3 Å². The number of hydrogen-bond acceptors (Lipinski definition) is 3. The first-order valence-electron chi connectivity index (χ1n) is 5.61. The smallest absolute Gasteiger partial charge is 0.255 e. The molecule has 0 fully saturated rings. The first-order valence-corrected chi connectivity index (χ1v) is 5.61. The molecule has 4 nitrogen and oxygen atoms in total. The molecule has 0 aliphatic rings. The van der Waals surface area contributed by atoms with Crippen LogP contribution in [0.4, 0.5) is 10.1 Å². The third-order valence-electron chi connectivity index (χ3n) is 2.73. The van der Waals surface area contributed by atoms with Crippen LogP contribution >= 0.6 is 0 Å². The van der Waals surface area contributed by atoms with Crippen molar-refractivity contribution in [3.05, 3.63) is 30.1 Å². The van der Waals surface area contributed by atoms with Crippen molar-refractivity contribution in [1.82, 2.24) is 5.43 Å². The van der Waals surface area contributed by atoms with Crippen LogP contribution in [0.15, 0.2) is 24.3 Å². The molecule has 1 amide bonds. The fourth-order valence-electron chi connectivity index (χ4n) is 1.26. The lowest BCUT2D eigenvalue weighted by Gasteiger charge is -2.18. The van der Waals surface area contributed by atoms with E-state index >= 15 is 0 Å². The van der Waals surface area contributed by atoms with Gasteiger partial charge in [-0.3, -0.25) is 15.6 Å². The highest BCUT2D eigenvalue weighted by Gasteiger charge is 2.18. The highest BCUT2D eigenvalue weighted by molar-refractivity contribution is 5.82. The maximum absolute atomic E-state index is 12.6. The van der Waals surface area contributed by atoms with E-state index in [0.717, 1.165) is 6.42 Å². The highest BCUT2D eigenvalue weighted by Crippen LogP contribution is 2.08. The van der Waals surface area contributed by atoms with Crippen molar-refractivity contribution in [2.45, 2.75) is 26.3 Å². The molecular weight excluding hydrogens is 221 g/mol. The van der Waals surface area contributed by atoms with Crippen LogP contribution in [0.25, 0.3) is 0 Å². The number of nitrogens with two attached hydrogens (primary N) is 1. The van der Waals surface area contributed by atoms with Crippen molar-refractivity contribution in [1.29, 1.82) is 0 Å². The Kier molecular flexibility index (Phi) is 4.90. The van der Waals surface area contributed by atoms with E-state index in [-0.39, 0.29) is 17.6 Å². The maximum atomic E-state index is 12.6. The average molecular weight is 239 g/mol. The number of benzene rings is 1. The number of anilines is 1. The summed E-state index contributed by atoms with van der Waals surface area (Å²) in [5.41, 5.74) is 11.5. The van der Waals surface area contributed by atoms with Gasteiger partial charge in [0.2, 0.25) is 0 Å². The van der Waals surface area contributed by atoms with Crippen LogP contribution in [0.5, 0.6) is 0 Å². The van der Waals surface area contributed by atoms with Gasteiger partial charge < -0.3 is 5.73 Å². The van der Waals surface area contributed by atoms with Gasteiger partial charge in [-0.2, -0.15) is 0 Å². The lowest BCUT2D eigenvalue weighted by atomic mass is 10.00. The van der Waals surface area contributed by atoms with Crippen molar-refractivity contribution in [2.24, 2.45) is 11.7 Å². The van der Waals surface area contributed by atoms with Crippen LogP contribution in [-0.2, 0) is 4.79 Å². The summed E-state index contributed by atoms with van der Waals surface area (Å²) >= 11 is 0. The van der Waals surface area contributed by atoms with Gasteiger partial charge in [0.15, 0.2) is 0 Å². The number of rotatable bonds is 5. The third kappa shape index (κ3) is 4.03. The summed E-state index contributed by atoms with van der Waals surface area (Å²) in [4.78, 5) is 11.6. The van der Waals surface area contributed by atoms with E-state index in [4.69, 9.17) is 5.73 Å². The average Bonchev–Trinajstić information content (AvgIpc) is 2.35. The molecule has 17 heavy (non-hydrogen) atoms. The molecule has 0 aliphatic carbocycles. The van der Waals surface area contributed by atoms with E-state index in [9.17, 15) is 9.18 Å². The molecule has 4 N–H and O–H groups in total. The summed E-state index contributed by atoms with van der Waals surface area (Å²) in [7, 11) is 0. The molecule has 1 rings (SSSR count). The maximum Gasteiger partial charge on any atom is 0.255 e. The van der Waals surface area contributed by atoms with E-state index in [1.165, 1.54) is 24.3 Å². The Balaban J connectivity index is 2.45. The predicted octanol–water partition coefficient (Wildman–Crippen LogP) is 1.64. The normalized spacial score (nSPS) is 13.9. The minimum Gasteiger partial charge on any atom is -0.320 e. The van der Waals surface area contributed by atoms with Crippen LogP contribution in [0, 0.1) is 11.7 Å². The Bertz CT molecular complexity index is 367. The molecule has 0 saturated heterocycles. The number of amides is 1. The summed E-state index contributed by atoms with van der Waals surface area (Å²) in [6.07, 6.45) is 0.838. The molecule has 0 heterocycles. The first kappa shape index (κ1) is 13.4. The van der Waals surface area contributed by atoms with Crippen molar-refractivity contribution in [2.75, 3.05) is 5.43 Å². The van der Waals surface area contributed by atoms with Crippen molar-refractivity contribution < 1.29 is 9.18 Å². The van der Waals surface area contributed by atoms with Gasteiger partial charge in [-0.05, 0) is 30.2 Å². The zero-order chi connectivity index (χ0) is 12.8. The van der Waals surface area contributed by atoms with Gasteiger partial charge in [0, 0.05) is 0 Å². The Labute approximate surface area is 100 Å². The third-order valence-corrected chi connectivity index (χ3v) is 2.73. The first-order chi connectivity index (χ1) is 8.04. The molecule has 94 valence electrons. The number of nitrogens with one attached hydrogen (secondary N) is 2. The standard InChI is InChI=1S/C12H18FN3O/c1-3-8(2)11(14)12(17)16-15-10-6-4-9(13)5-7-10/h4-8,11,15H,3,14H2,1-2H3,(H,16,17)/t8-,11-/m0/s1.